The number of nitrogens with zero attached hydrogens (tertiary/aromatic N) is 2. The highest BCUT2D eigenvalue weighted by molar-refractivity contribution is 5.63. The number of hydrogen-bond donors (Lipinski definition) is 0. The number of ether oxygens (including phenoxy) is 1. The number of rotatable bonds is 2. The molecule has 0 saturated carbocycles. The maximum absolute atomic E-state index is 5.17. The van der Waals surface area contributed by atoms with Crippen molar-refractivity contribution in [1.82, 2.24) is 9.97 Å². The molecule has 0 saturated heterocycles. The Morgan fingerprint density at radius 2 is 2.07 bits per heavy atom. The number of hydrogen-bond acceptors (Lipinski definition) is 3. The molecule has 0 fully saturated rings. The van der Waals surface area contributed by atoms with E-state index in [4.69, 9.17) is 4.74 Å². The highest BCUT2D eigenvalue weighted by Gasteiger charge is 2.09. The summed E-state index contributed by atoms with van der Waals surface area (Å²) in [7, 11) is 1.68. The van der Waals surface area contributed by atoms with E-state index in [9.17, 15) is 0 Å². The molecule has 72 valence electrons. The van der Waals surface area contributed by atoms with Crippen LogP contribution < -0.4 is 0 Å². The minimum absolute atomic E-state index is 0.801. The molecule has 0 aliphatic heterocycles. The molecule has 0 N–H and O–H groups in total. The molecular formula is C11H12N2O. The van der Waals surface area contributed by atoms with Gasteiger partial charge in [-0.1, -0.05) is 0 Å². The summed E-state index contributed by atoms with van der Waals surface area (Å²) in [4.78, 5) is 8.42. The van der Waals surface area contributed by atoms with Gasteiger partial charge in [0.15, 0.2) is 5.82 Å². The van der Waals surface area contributed by atoms with Gasteiger partial charge in [-0.2, -0.15) is 0 Å². The van der Waals surface area contributed by atoms with E-state index in [1.807, 2.05) is 12.1 Å². The molecule has 1 aliphatic rings. The summed E-state index contributed by atoms with van der Waals surface area (Å²) in [6, 6.07) is 1.82. The standard InChI is InChI=1S/C11H12N2O/c1-14-10-5-2-4-9(8-10)11-12-6-3-7-13-11/h3,5-8H,2,4H2,1H3. The second-order valence-electron chi connectivity index (χ2n) is 3.09. The van der Waals surface area contributed by atoms with Crippen LogP contribution in [0.15, 0.2) is 36.4 Å². The Morgan fingerprint density at radius 3 is 2.79 bits per heavy atom. The quantitative estimate of drug-likeness (QED) is 0.713. The van der Waals surface area contributed by atoms with Crippen LogP contribution in [0, 0.1) is 0 Å². The third kappa shape index (κ3) is 1.82. The first kappa shape index (κ1) is 8.94. The van der Waals surface area contributed by atoms with Crippen molar-refractivity contribution in [2.75, 3.05) is 7.11 Å². The fourth-order valence-electron chi connectivity index (χ4n) is 1.46. The first-order valence-corrected chi connectivity index (χ1v) is 4.62. The lowest BCUT2D eigenvalue weighted by atomic mass is 10.0. The van der Waals surface area contributed by atoms with Crippen molar-refractivity contribution < 1.29 is 4.74 Å². The smallest absolute Gasteiger partial charge is 0.155 e. The van der Waals surface area contributed by atoms with Gasteiger partial charge in [-0.15, -0.1) is 0 Å². The lowest BCUT2D eigenvalue weighted by Gasteiger charge is -2.11. The summed E-state index contributed by atoms with van der Waals surface area (Å²) in [6.45, 7) is 0. The van der Waals surface area contributed by atoms with E-state index in [-0.39, 0.29) is 0 Å². The van der Waals surface area contributed by atoms with Crippen LogP contribution >= 0.6 is 0 Å². The lowest BCUT2D eigenvalue weighted by molar-refractivity contribution is 0.304. The van der Waals surface area contributed by atoms with Crippen molar-refractivity contribution in [2.45, 2.75) is 12.8 Å². The summed E-state index contributed by atoms with van der Waals surface area (Å²) in [5, 5.41) is 0. The van der Waals surface area contributed by atoms with Gasteiger partial charge in [0.25, 0.3) is 0 Å². The van der Waals surface area contributed by atoms with Gasteiger partial charge in [-0.25, -0.2) is 9.97 Å². The Bertz CT molecular complexity index is 368. The maximum Gasteiger partial charge on any atom is 0.155 e. The van der Waals surface area contributed by atoms with Gasteiger partial charge < -0.3 is 4.74 Å². The number of aromatic nitrogens is 2. The molecule has 0 atom stereocenters. The van der Waals surface area contributed by atoms with Gasteiger partial charge in [0.2, 0.25) is 0 Å². The predicted molar refractivity (Wildman–Crippen MR) is 54.3 cm³/mol. The van der Waals surface area contributed by atoms with E-state index in [0.29, 0.717) is 0 Å². The molecule has 0 aromatic carbocycles. The van der Waals surface area contributed by atoms with Gasteiger partial charge in [0.1, 0.15) is 5.76 Å². The van der Waals surface area contributed by atoms with Crippen molar-refractivity contribution in [1.29, 1.82) is 0 Å². The van der Waals surface area contributed by atoms with Crippen LogP contribution in [0.3, 0.4) is 0 Å². The third-order valence-corrected chi connectivity index (χ3v) is 2.16. The monoisotopic (exact) mass is 188 g/mol. The normalized spacial score (nSPS) is 15.8. The molecule has 0 radical (unpaired) electrons. The number of allylic oxidation sites excluding steroid dienone is 3. The molecule has 1 aliphatic carbocycles. The summed E-state index contributed by atoms with van der Waals surface area (Å²) >= 11 is 0. The second-order valence-corrected chi connectivity index (χ2v) is 3.09. The van der Waals surface area contributed by atoms with Crippen LogP contribution in [-0.4, -0.2) is 17.1 Å². The topological polar surface area (TPSA) is 35.0 Å². The Hall–Kier alpha value is -1.64. The van der Waals surface area contributed by atoms with Gasteiger partial charge in [-0.05, 0) is 31.1 Å². The van der Waals surface area contributed by atoms with Gasteiger partial charge in [0.05, 0.1) is 7.11 Å². The van der Waals surface area contributed by atoms with Crippen molar-refractivity contribution in [3.8, 4) is 0 Å². The highest BCUT2D eigenvalue weighted by Crippen LogP contribution is 2.23. The average Bonchev–Trinajstić information content (AvgIpc) is 2.30. The second kappa shape index (κ2) is 4.05. The van der Waals surface area contributed by atoms with Crippen LogP contribution in [0.4, 0.5) is 0 Å². The molecule has 14 heavy (non-hydrogen) atoms. The maximum atomic E-state index is 5.17. The Balaban J connectivity index is 2.28. The molecule has 0 spiro atoms. The van der Waals surface area contributed by atoms with Crippen LogP contribution in [0.25, 0.3) is 5.57 Å². The predicted octanol–water partition coefficient (Wildman–Crippen LogP) is 2.18. The minimum Gasteiger partial charge on any atom is -0.497 e. The molecule has 3 heteroatoms. The Kier molecular flexibility index (Phi) is 2.58. The highest BCUT2D eigenvalue weighted by atomic mass is 16.5. The lowest BCUT2D eigenvalue weighted by Crippen LogP contribution is -1.98. The largest absolute Gasteiger partial charge is 0.497 e. The zero-order valence-corrected chi connectivity index (χ0v) is 8.10. The molecular weight excluding hydrogens is 176 g/mol. The molecule has 0 bridgehead atoms. The van der Waals surface area contributed by atoms with E-state index < -0.39 is 0 Å². The zero-order chi connectivity index (χ0) is 9.80. The zero-order valence-electron chi connectivity index (χ0n) is 8.10. The summed E-state index contributed by atoms with van der Waals surface area (Å²) in [5.74, 6) is 1.70. The third-order valence-electron chi connectivity index (χ3n) is 2.16. The molecule has 0 unspecified atom stereocenters. The van der Waals surface area contributed by atoms with E-state index >= 15 is 0 Å². The van der Waals surface area contributed by atoms with Crippen LogP contribution in [-0.2, 0) is 4.74 Å². The molecule has 1 heterocycles. The molecule has 2 rings (SSSR count). The van der Waals surface area contributed by atoms with E-state index in [1.54, 1.807) is 19.5 Å². The van der Waals surface area contributed by atoms with Crippen molar-refractivity contribution in [3.63, 3.8) is 0 Å². The molecule has 3 nitrogen and oxygen atoms in total. The summed E-state index contributed by atoms with van der Waals surface area (Å²) < 4.78 is 5.17. The van der Waals surface area contributed by atoms with Crippen molar-refractivity contribution in [2.24, 2.45) is 0 Å². The fraction of sp³-hybridized carbons (Fsp3) is 0.273. The summed E-state index contributed by atoms with van der Waals surface area (Å²) in [6.07, 6.45) is 9.57. The SMILES string of the molecule is COC1=CCCC(c2ncccn2)=C1. The van der Waals surface area contributed by atoms with Crippen LogP contribution in [0.5, 0.6) is 0 Å². The van der Waals surface area contributed by atoms with Crippen molar-refractivity contribution >= 4 is 5.57 Å². The van der Waals surface area contributed by atoms with Gasteiger partial charge >= 0.3 is 0 Å². The fourth-order valence-corrected chi connectivity index (χ4v) is 1.46. The molecule has 1 aromatic heterocycles. The van der Waals surface area contributed by atoms with E-state index in [2.05, 4.69) is 16.0 Å². The van der Waals surface area contributed by atoms with Crippen LogP contribution in [0.2, 0.25) is 0 Å². The molecule has 1 aromatic rings. The first-order valence-electron chi connectivity index (χ1n) is 4.62. The van der Waals surface area contributed by atoms with Gasteiger partial charge in [0, 0.05) is 18.0 Å². The average molecular weight is 188 g/mol. The number of methoxy groups -OCH3 is 1. The summed E-state index contributed by atoms with van der Waals surface area (Å²) in [5.41, 5.74) is 1.14. The van der Waals surface area contributed by atoms with Crippen molar-refractivity contribution in [3.05, 3.63) is 42.2 Å². The Labute approximate surface area is 83.2 Å². The minimum atomic E-state index is 0.801. The molecule has 0 amide bonds. The van der Waals surface area contributed by atoms with Crippen LogP contribution in [0.1, 0.15) is 18.7 Å². The van der Waals surface area contributed by atoms with E-state index in [1.165, 1.54) is 0 Å². The van der Waals surface area contributed by atoms with E-state index in [0.717, 1.165) is 30.0 Å². The Morgan fingerprint density at radius 1 is 1.29 bits per heavy atom. The van der Waals surface area contributed by atoms with Gasteiger partial charge in [-0.3, -0.25) is 0 Å². The first-order chi connectivity index (χ1) is 6.90.